The maximum Gasteiger partial charge on any atom is 0.320 e. The van der Waals surface area contributed by atoms with Crippen molar-refractivity contribution in [3.8, 4) is 0 Å². The Morgan fingerprint density at radius 2 is 1.91 bits per heavy atom. The zero-order valence-corrected chi connectivity index (χ0v) is 12.5. The van der Waals surface area contributed by atoms with E-state index in [2.05, 4.69) is 4.74 Å². The summed E-state index contributed by atoms with van der Waals surface area (Å²) in [5.74, 6) is -4.95. The van der Waals surface area contributed by atoms with E-state index in [-0.39, 0.29) is 0 Å². The summed E-state index contributed by atoms with van der Waals surface area (Å²) in [7, 11) is 0. The predicted octanol–water partition coefficient (Wildman–Crippen LogP) is 0.635. The Bertz CT molecular complexity index is 750. The molecule has 23 heavy (non-hydrogen) atoms. The fourth-order valence-corrected chi connectivity index (χ4v) is 5.62. The van der Waals surface area contributed by atoms with E-state index in [0.29, 0.717) is 5.69 Å². The molecule has 3 fully saturated rings. The van der Waals surface area contributed by atoms with Crippen LogP contribution in [0.4, 0.5) is 5.69 Å². The molecule has 3 saturated heterocycles. The SMILES string of the molecule is O=C(O)C[C@]12S[C@H]([C@@H]3C(=O)OC(=O)[C@@H]31)N(c1ccccc1)C2=O. The highest BCUT2D eigenvalue weighted by Crippen LogP contribution is 2.63. The number of carboxylic acid groups (broad SMARTS) is 1. The number of carboxylic acids is 1. The Morgan fingerprint density at radius 3 is 2.57 bits per heavy atom. The second-order valence-corrected chi connectivity index (χ2v) is 7.17. The molecule has 0 saturated carbocycles. The number of carbonyl (C=O) groups is 4. The Kier molecular flexibility index (Phi) is 2.84. The van der Waals surface area contributed by atoms with Crippen LogP contribution in [0, 0.1) is 11.8 Å². The van der Waals surface area contributed by atoms with E-state index in [4.69, 9.17) is 0 Å². The lowest BCUT2D eigenvalue weighted by molar-refractivity contribution is -0.154. The van der Waals surface area contributed by atoms with Gasteiger partial charge in [-0.05, 0) is 12.1 Å². The van der Waals surface area contributed by atoms with Gasteiger partial charge in [-0.3, -0.25) is 24.1 Å². The summed E-state index contributed by atoms with van der Waals surface area (Å²) < 4.78 is 3.21. The molecule has 7 nitrogen and oxygen atoms in total. The van der Waals surface area contributed by atoms with Gasteiger partial charge in [-0.2, -0.15) is 0 Å². The van der Waals surface area contributed by atoms with Crippen LogP contribution in [-0.2, 0) is 23.9 Å². The Morgan fingerprint density at radius 1 is 1.22 bits per heavy atom. The average molecular weight is 333 g/mol. The smallest absolute Gasteiger partial charge is 0.320 e. The highest BCUT2D eigenvalue weighted by atomic mass is 32.2. The lowest BCUT2D eigenvalue weighted by Crippen LogP contribution is -2.55. The van der Waals surface area contributed by atoms with E-state index in [0.717, 1.165) is 11.8 Å². The number of piperidine rings is 1. The van der Waals surface area contributed by atoms with Gasteiger partial charge in [-0.15, -0.1) is 11.8 Å². The molecule has 0 aliphatic carbocycles. The molecule has 3 aliphatic heterocycles. The van der Waals surface area contributed by atoms with E-state index < -0.39 is 52.2 Å². The summed E-state index contributed by atoms with van der Waals surface area (Å²) >= 11 is 1.09. The Balaban J connectivity index is 1.84. The van der Waals surface area contributed by atoms with Crippen LogP contribution in [0.15, 0.2) is 30.3 Å². The van der Waals surface area contributed by atoms with Gasteiger partial charge in [-0.25, -0.2) is 0 Å². The molecule has 0 spiro atoms. The predicted molar refractivity (Wildman–Crippen MR) is 78.4 cm³/mol. The number of amides is 1. The third-order valence-electron chi connectivity index (χ3n) is 4.51. The topological polar surface area (TPSA) is 101 Å². The van der Waals surface area contributed by atoms with E-state index >= 15 is 0 Å². The van der Waals surface area contributed by atoms with Crippen LogP contribution in [0.1, 0.15) is 6.42 Å². The van der Waals surface area contributed by atoms with Crippen LogP contribution in [0.25, 0.3) is 0 Å². The molecule has 0 unspecified atom stereocenters. The lowest BCUT2D eigenvalue weighted by Gasteiger charge is -2.34. The van der Waals surface area contributed by atoms with E-state index in [1.54, 1.807) is 30.3 Å². The maximum absolute atomic E-state index is 12.9. The largest absolute Gasteiger partial charge is 0.481 e. The normalized spacial score (nSPS) is 34.7. The number of fused-ring (bicyclic) bond motifs is 5. The van der Waals surface area contributed by atoms with Crippen molar-refractivity contribution in [1.29, 1.82) is 0 Å². The second-order valence-electron chi connectivity index (χ2n) is 5.72. The number of hydrogen-bond acceptors (Lipinski definition) is 6. The van der Waals surface area contributed by atoms with Gasteiger partial charge in [0.05, 0.1) is 17.7 Å². The number of thioether (sulfide) groups is 1. The zero-order valence-electron chi connectivity index (χ0n) is 11.7. The number of carbonyl (C=O) groups excluding carboxylic acids is 3. The first kappa shape index (κ1) is 14.3. The van der Waals surface area contributed by atoms with Crippen LogP contribution in [-0.4, -0.2) is 39.0 Å². The number of benzene rings is 1. The van der Waals surface area contributed by atoms with Crippen molar-refractivity contribution in [3.05, 3.63) is 30.3 Å². The number of ether oxygens (including phenoxy) is 1. The lowest BCUT2D eigenvalue weighted by atomic mass is 9.76. The minimum absolute atomic E-state index is 0.450. The van der Waals surface area contributed by atoms with Crippen LogP contribution in [0.3, 0.4) is 0 Å². The van der Waals surface area contributed by atoms with Gasteiger partial charge < -0.3 is 9.84 Å². The summed E-state index contributed by atoms with van der Waals surface area (Å²) in [4.78, 5) is 49.7. The number of para-hydroxylation sites is 1. The molecule has 0 radical (unpaired) electrons. The zero-order chi connectivity index (χ0) is 16.4. The third-order valence-corrected chi connectivity index (χ3v) is 6.25. The number of cyclic esters (lactones) is 2. The molecular weight excluding hydrogens is 322 g/mol. The number of aliphatic carboxylic acids is 1. The molecule has 1 aromatic carbocycles. The maximum atomic E-state index is 12.9. The second kappa shape index (κ2) is 4.58. The average Bonchev–Trinajstić information content (AvgIpc) is 3.07. The minimum atomic E-state index is -1.47. The standard InChI is InChI=1S/C15H11NO6S/c17-8(18)6-15-10-9(12(19)22-13(10)20)11(23-15)16(14(15)21)7-4-2-1-3-5-7/h1-5,9-11H,6H2,(H,17,18)/t9-,10-,11-,15+/m1/s1. The fraction of sp³-hybridized carbons (Fsp3) is 0.333. The Labute approximate surface area is 134 Å². The quantitative estimate of drug-likeness (QED) is 0.639. The van der Waals surface area contributed by atoms with Gasteiger partial charge in [0, 0.05) is 5.69 Å². The molecule has 4 atom stereocenters. The van der Waals surface area contributed by atoms with Crippen molar-refractivity contribution < 1.29 is 29.0 Å². The van der Waals surface area contributed by atoms with E-state index in [9.17, 15) is 24.3 Å². The molecule has 4 rings (SSSR count). The summed E-state index contributed by atoms with van der Waals surface area (Å²) in [6, 6.07) is 8.71. The van der Waals surface area contributed by atoms with Crippen molar-refractivity contribution in [2.45, 2.75) is 16.5 Å². The van der Waals surface area contributed by atoms with Crippen LogP contribution >= 0.6 is 11.8 Å². The summed E-state index contributed by atoms with van der Waals surface area (Å²) in [6.45, 7) is 0. The van der Waals surface area contributed by atoms with E-state index in [1.165, 1.54) is 4.90 Å². The number of rotatable bonds is 3. The van der Waals surface area contributed by atoms with Gasteiger partial charge in [0.2, 0.25) is 5.91 Å². The monoisotopic (exact) mass is 333 g/mol. The number of nitrogens with zero attached hydrogens (tertiary/aromatic N) is 1. The molecule has 118 valence electrons. The molecule has 3 aliphatic rings. The van der Waals surface area contributed by atoms with Gasteiger partial charge in [0.1, 0.15) is 10.7 Å². The van der Waals surface area contributed by atoms with Crippen molar-refractivity contribution in [3.63, 3.8) is 0 Å². The first-order valence-electron chi connectivity index (χ1n) is 6.99. The summed E-state index contributed by atoms with van der Waals surface area (Å²) in [5.41, 5.74) is 0.577. The van der Waals surface area contributed by atoms with Crippen LogP contribution < -0.4 is 4.90 Å². The highest BCUT2D eigenvalue weighted by molar-refractivity contribution is 8.03. The fourth-order valence-electron chi connectivity index (χ4n) is 3.66. The van der Waals surface area contributed by atoms with Gasteiger partial charge in [0.15, 0.2) is 0 Å². The molecule has 0 aromatic heterocycles. The van der Waals surface area contributed by atoms with Crippen LogP contribution in [0.2, 0.25) is 0 Å². The first-order valence-corrected chi connectivity index (χ1v) is 7.87. The third kappa shape index (κ3) is 1.72. The molecule has 1 N–H and O–H groups in total. The molecule has 1 amide bonds. The van der Waals surface area contributed by atoms with E-state index in [1.807, 2.05) is 0 Å². The van der Waals surface area contributed by atoms with Crippen molar-refractivity contribution in [2.75, 3.05) is 4.90 Å². The van der Waals surface area contributed by atoms with Crippen molar-refractivity contribution in [1.82, 2.24) is 0 Å². The summed E-state index contributed by atoms with van der Waals surface area (Å²) in [5, 5.41) is 8.60. The molecule has 3 heterocycles. The molecular formula is C15H11NO6S. The number of anilines is 1. The van der Waals surface area contributed by atoms with Gasteiger partial charge in [0.25, 0.3) is 0 Å². The molecule has 2 bridgehead atoms. The van der Waals surface area contributed by atoms with Gasteiger partial charge in [-0.1, -0.05) is 18.2 Å². The Hall–Kier alpha value is -2.35. The van der Waals surface area contributed by atoms with Crippen molar-refractivity contribution in [2.24, 2.45) is 11.8 Å². The van der Waals surface area contributed by atoms with Crippen LogP contribution in [0.5, 0.6) is 0 Å². The number of hydrogen-bond donors (Lipinski definition) is 1. The molecule has 8 heteroatoms. The van der Waals surface area contributed by atoms with Gasteiger partial charge >= 0.3 is 17.9 Å². The first-order chi connectivity index (χ1) is 11.0. The number of esters is 2. The molecule has 1 aromatic rings. The summed E-state index contributed by atoms with van der Waals surface area (Å²) in [6.07, 6.45) is -0.514. The van der Waals surface area contributed by atoms with Crippen molar-refractivity contribution >= 4 is 41.3 Å². The minimum Gasteiger partial charge on any atom is -0.481 e. The highest BCUT2D eigenvalue weighted by Gasteiger charge is 2.75.